The van der Waals surface area contributed by atoms with E-state index in [9.17, 15) is 0 Å². The van der Waals surface area contributed by atoms with E-state index in [4.69, 9.17) is 0 Å². The van der Waals surface area contributed by atoms with E-state index < -0.39 is 0 Å². The summed E-state index contributed by atoms with van der Waals surface area (Å²) in [5.74, 6) is 2.14. The Kier molecular flexibility index (Phi) is 4.82. The molecule has 0 aromatic carbocycles. The summed E-state index contributed by atoms with van der Waals surface area (Å²) in [6, 6.07) is 0. The van der Waals surface area contributed by atoms with E-state index in [0.29, 0.717) is 0 Å². The molecular weight excluding hydrogens is 270 g/mol. The first-order valence-electron chi connectivity index (χ1n) is 5.55. The predicted molar refractivity (Wildman–Crippen MR) is 79.2 cm³/mol. The lowest BCUT2D eigenvalue weighted by Crippen LogP contribution is -1.94. The second kappa shape index (κ2) is 6.37. The smallest absolute Gasteiger partial charge is 0.183 e. The summed E-state index contributed by atoms with van der Waals surface area (Å²) in [5.41, 5.74) is 1.04. The van der Waals surface area contributed by atoms with E-state index in [1.807, 2.05) is 18.0 Å². The number of hydrogen-bond donors (Lipinski definition) is 1. The molecule has 2 rings (SSSR count). The van der Waals surface area contributed by atoms with Gasteiger partial charge in [0.2, 0.25) is 0 Å². The molecule has 2 aromatic rings. The highest BCUT2D eigenvalue weighted by Crippen LogP contribution is 2.30. The Morgan fingerprint density at radius 2 is 2.29 bits per heavy atom. The minimum Gasteiger partial charge on any atom is -0.362 e. The Morgan fingerprint density at radius 3 is 3.06 bits per heavy atom. The van der Waals surface area contributed by atoms with Crippen LogP contribution in [0.3, 0.4) is 0 Å². The summed E-state index contributed by atoms with van der Waals surface area (Å²) in [5, 5.41) is 7.48. The molecule has 0 amide bonds. The quantitative estimate of drug-likeness (QED) is 0.872. The van der Waals surface area contributed by atoms with Gasteiger partial charge < -0.3 is 5.32 Å². The SMILES string of the molecule is CCNc1nc(-c2cnc(CSCC)s2)cs1. The lowest BCUT2D eigenvalue weighted by molar-refractivity contribution is 1.19. The van der Waals surface area contributed by atoms with Crippen LogP contribution in [-0.2, 0) is 5.75 Å². The first kappa shape index (κ1) is 12.9. The van der Waals surface area contributed by atoms with Gasteiger partial charge in [-0.1, -0.05) is 6.92 Å². The van der Waals surface area contributed by atoms with Gasteiger partial charge in [0, 0.05) is 23.9 Å². The first-order chi connectivity index (χ1) is 8.33. The van der Waals surface area contributed by atoms with E-state index in [-0.39, 0.29) is 0 Å². The number of aromatic nitrogens is 2. The summed E-state index contributed by atoms with van der Waals surface area (Å²) in [7, 11) is 0. The summed E-state index contributed by atoms with van der Waals surface area (Å²) >= 11 is 5.29. The molecule has 17 heavy (non-hydrogen) atoms. The zero-order chi connectivity index (χ0) is 12.1. The second-order valence-electron chi connectivity index (χ2n) is 3.32. The van der Waals surface area contributed by atoms with Gasteiger partial charge in [-0.2, -0.15) is 11.8 Å². The molecule has 2 aromatic heterocycles. The number of nitrogens with one attached hydrogen (secondary N) is 1. The fourth-order valence-electron chi connectivity index (χ4n) is 1.30. The van der Waals surface area contributed by atoms with Crippen LogP contribution >= 0.6 is 34.4 Å². The Labute approximate surface area is 114 Å². The summed E-state index contributed by atoms with van der Waals surface area (Å²) < 4.78 is 0. The van der Waals surface area contributed by atoms with Crippen LogP contribution in [0.4, 0.5) is 5.13 Å². The van der Waals surface area contributed by atoms with Gasteiger partial charge in [-0.25, -0.2) is 9.97 Å². The van der Waals surface area contributed by atoms with Gasteiger partial charge in [0.15, 0.2) is 5.13 Å². The third-order valence-corrected chi connectivity index (χ3v) is 4.96. The molecule has 0 atom stereocenters. The molecule has 0 aliphatic rings. The molecule has 92 valence electrons. The maximum absolute atomic E-state index is 4.53. The Bertz CT molecular complexity index is 464. The molecule has 1 N–H and O–H groups in total. The second-order valence-corrected chi connectivity index (χ2v) is 6.57. The molecule has 0 radical (unpaired) electrons. The van der Waals surface area contributed by atoms with Crippen molar-refractivity contribution in [3.05, 3.63) is 16.6 Å². The Morgan fingerprint density at radius 1 is 1.41 bits per heavy atom. The van der Waals surface area contributed by atoms with Crippen LogP contribution in [0.25, 0.3) is 10.6 Å². The molecule has 0 spiro atoms. The van der Waals surface area contributed by atoms with Gasteiger partial charge in [-0.05, 0) is 12.7 Å². The molecule has 0 unspecified atom stereocenters. The normalized spacial score (nSPS) is 10.7. The topological polar surface area (TPSA) is 37.8 Å². The van der Waals surface area contributed by atoms with Crippen molar-refractivity contribution in [2.45, 2.75) is 19.6 Å². The van der Waals surface area contributed by atoms with Crippen LogP contribution in [-0.4, -0.2) is 22.3 Å². The summed E-state index contributed by atoms with van der Waals surface area (Å²) in [6.07, 6.45) is 1.93. The molecule has 0 bridgehead atoms. The Hall–Kier alpha value is -0.590. The van der Waals surface area contributed by atoms with Gasteiger partial charge in [0.25, 0.3) is 0 Å². The van der Waals surface area contributed by atoms with Crippen molar-refractivity contribution < 1.29 is 0 Å². The molecule has 3 nitrogen and oxygen atoms in total. The van der Waals surface area contributed by atoms with Gasteiger partial charge in [-0.15, -0.1) is 22.7 Å². The highest BCUT2D eigenvalue weighted by atomic mass is 32.2. The van der Waals surface area contributed by atoms with Crippen LogP contribution < -0.4 is 5.32 Å². The van der Waals surface area contributed by atoms with E-state index in [0.717, 1.165) is 33.8 Å². The number of thiazole rings is 2. The molecular formula is C11H15N3S3. The number of anilines is 1. The molecule has 0 aliphatic heterocycles. The summed E-state index contributed by atoms with van der Waals surface area (Å²) in [4.78, 5) is 10.1. The van der Waals surface area contributed by atoms with Crippen molar-refractivity contribution in [1.82, 2.24) is 9.97 Å². The maximum atomic E-state index is 4.53. The molecule has 0 saturated heterocycles. The number of rotatable bonds is 6. The van der Waals surface area contributed by atoms with E-state index in [2.05, 4.69) is 34.5 Å². The predicted octanol–water partition coefficient (Wildman–Crippen LogP) is 3.95. The van der Waals surface area contributed by atoms with Crippen molar-refractivity contribution in [3.63, 3.8) is 0 Å². The zero-order valence-electron chi connectivity index (χ0n) is 9.90. The van der Waals surface area contributed by atoms with Crippen molar-refractivity contribution >= 4 is 39.6 Å². The van der Waals surface area contributed by atoms with Crippen LogP contribution in [0.2, 0.25) is 0 Å². The van der Waals surface area contributed by atoms with Gasteiger partial charge in [0.05, 0.1) is 10.6 Å². The molecule has 6 heteroatoms. The standard InChI is InChI=1S/C11H15N3S3/c1-3-12-11-14-8(6-16-11)9-5-13-10(17-9)7-15-4-2/h5-6H,3-4,7H2,1-2H3,(H,12,14). The first-order valence-corrected chi connectivity index (χ1v) is 8.40. The van der Waals surface area contributed by atoms with Crippen LogP contribution in [0.1, 0.15) is 18.9 Å². The lowest BCUT2D eigenvalue weighted by Gasteiger charge is -1.93. The fourth-order valence-corrected chi connectivity index (χ4v) is 3.77. The lowest BCUT2D eigenvalue weighted by atomic mass is 10.4. The number of thioether (sulfide) groups is 1. The maximum Gasteiger partial charge on any atom is 0.183 e. The number of hydrogen-bond acceptors (Lipinski definition) is 6. The molecule has 0 aliphatic carbocycles. The monoisotopic (exact) mass is 285 g/mol. The van der Waals surface area contributed by atoms with Gasteiger partial charge in [-0.3, -0.25) is 0 Å². The van der Waals surface area contributed by atoms with Crippen LogP contribution in [0, 0.1) is 0 Å². The van der Waals surface area contributed by atoms with Crippen LogP contribution in [0.5, 0.6) is 0 Å². The average molecular weight is 285 g/mol. The summed E-state index contributed by atoms with van der Waals surface area (Å²) in [6.45, 7) is 5.16. The number of nitrogens with zero attached hydrogens (tertiary/aromatic N) is 2. The Balaban J connectivity index is 2.07. The molecule has 2 heterocycles. The molecule has 0 saturated carbocycles. The van der Waals surface area contributed by atoms with Crippen molar-refractivity contribution in [2.75, 3.05) is 17.6 Å². The van der Waals surface area contributed by atoms with Gasteiger partial charge >= 0.3 is 0 Å². The third-order valence-electron chi connectivity index (χ3n) is 2.07. The van der Waals surface area contributed by atoms with Crippen molar-refractivity contribution in [3.8, 4) is 10.6 Å². The highest BCUT2D eigenvalue weighted by molar-refractivity contribution is 7.98. The average Bonchev–Trinajstić information content (AvgIpc) is 2.95. The zero-order valence-corrected chi connectivity index (χ0v) is 12.3. The minimum absolute atomic E-state index is 0.911. The van der Waals surface area contributed by atoms with Crippen molar-refractivity contribution in [2.24, 2.45) is 0 Å². The van der Waals surface area contributed by atoms with Crippen LogP contribution in [0.15, 0.2) is 11.6 Å². The third kappa shape index (κ3) is 3.43. The molecule has 0 fully saturated rings. The van der Waals surface area contributed by atoms with E-state index in [1.54, 1.807) is 22.7 Å². The van der Waals surface area contributed by atoms with E-state index in [1.165, 1.54) is 5.01 Å². The highest BCUT2D eigenvalue weighted by Gasteiger charge is 2.08. The fraction of sp³-hybridized carbons (Fsp3) is 0.455. The van der Waals surface area contributed by atoms with Crippen molar-refractivity contribution in [1.29, 1.82) is 0 Å². The minimum atomic E-state index is 0.911. The van der Waals surface area contributed by atoms with Gasteiger partial charge in [0.1, 0.15) is 5.01 Å². The largest absolute Gasteiger partial charge is 0.362 e. The van der Waals surface area contributed by atoms with E-state index >= 15 is 0 Å².